The van der Waals surface area contributed by atoms with E-state index in [1.165, 1.54) is 5.69 Å². The Kier molecular flexibility index (Phi) is 7.47. The lowest BCUT2D eigenvalue weighted by Crippen LogP contribution is -2.46. The Morgan fingerprint density at radius 2 is 1.81 bits per heavy atom. The van der Waals surface area contributed by atoms with Crippen molar-refractivity contribution >= 4 is 17.3 Å². The van der Waals surface area contributed by atoms with Crippen molar-refractivity contribution in [1.29, 1.82) is 0 Å². The number of anilines is 2. The van der Waals surface area contributed by atoms with Gasteiger partial charge < -0.3 is 25.3 Å². The second kappa shape index (κ2) is 10.7. The molecule has 0 bridgehead atoms. The topological polar surface area (TPSA) is 46.1 Å². The molecule has 172 valence electrons. The van der Waals surface area contributed by atoms with Gasteiger partial charge in [-0.05, 0) is 42.8 Å². The zero-order valence-corrected chi connectivity index (χ0v) is 19.2. The normalized spacial score (nSPS) is 20.0. The van der Waals surface area contributed by atoms with Gasteiger partial charge in [0, 0.05) is 64.6 Å². The molecule has 2 aliphatic rings. The summed E-state index contributed by atoms with van der Waals surface area (Å²) < 4.78 is 14.8. The van der Waals surface area contributed by atoms with Gasteiger partial charge in [-0.1, -0.05) is 31.2 Å². The first-order valence-electron chi connectivity index (χ1n) is 11.7. The van der Waals surface area contributed by atoms with Crippen molar-refractivity contribution < 1.29 is 4.39 Å². The molecule has 1 atom stereocenters. The molecule has 4 rings (SSSR count). The van der Waals surface area contributed by atoms with E-state index in [1.807, 2.05) is 18.2 Å². The van der Waals surface area contributed by atoms with E-state index in [0.717, 1.165) is 63.8 Å². The Balaban J connectivity index is 1.27. The predicted molar refractivity (Wildman–Crippen MR) is 131 cm³/mol. The Morgan fingerprint density at radius 1 is 1.03 bits per heavy atom. The molecule has 2 fully saturated rings. The molecule has 0 radical (unpaired) electrons. The highest BCUT2D eigenvalue weighted by molar-refractivity contribution is 5.80. The number of piperazine rings is 1. The minimum atomic E-state index is -0.147. The van der Waals surface area contributed by atoms with Crippen LogP contribution < -0.4 is 20.4 Å². The first kappa shape index (κ1) is 22.4. The monoisotopic (exact) mass is 438 g/mol. The zero-order chi connectivity index (χ0) is 22.3. The third-order valence-electron chi connectivity index (χ3n) is 6.51. The van der Waals surface area contributed by atoms with Crippen LogP contribution in [0.25, 0.3) is 0 Å². The van der Waals surface area contributed by atoms with Gasteiger partial charge in [-0.25, -0.2) is 4.39 Å². The highest BCUT2D eigenvalue weighted by Crippen LogP contribution is 2.22. The molecule has 2 aromatic carbocycles. The van der Waals surface area contributed by atoms with Gasteiger partial charge in [-0.3, -0.25) is 4.99 Å². The average molecular weight is 439 g/mol. The van der Waals surface area contributed by atoms with Crippen molar-refractivity contribution in [2.24, 2.45) is 4.99 Å². The highest BCUT2D eigenvalue weighted by Gasteiger charge is 2.23. The van der Waals surface area contributed by atoms with E-state index in [2.05, 4.69) is 61.5 Å². The first-order chi connectivity index (χ1) is 15.7. The van der Waals surface area contributed by atoms with Crippen LogP contribution in [0.3, 0.4) is 0 Å². The maximum absolute atomic E-state index is 14.8. The van der Waals surface area contributed by atoms with E-state index in [-0.39, 0.29) is 5.82 Å². The number of aliphatic imine (C=N–C) groups is 1. The molecule has 0 spiro atoms. The fourth-order valence-electron chi connectivity index (χ4n) is 4.55. The standard InChI is InChI=1S/C25H35FN6/c1-3-30-13-15-31(16-14-30)24-10-9-20(17-23(24)26)18-28-25(27-2)29-21-11-12-32(19-21)22-7-5-4-6-8-22/h4-10,17,21H,3,11-16,18-19H2,1-2H3,(H2,27,28,29). The van der Waals surface area contributed by atoms with Crippen LogP contribution in [0.15, 0.2) is 53.5 Å². The second-order valence-corrected chi connectivity index (χ2v) is 8.54. The molecule has 2 saturated heterocycles. The fourth-order valence-corrected chi connectivity index (χ4v) is 4.55. The molecule has 0 aromatic heterocycles. The highest BCUT2D eigenvalue weighted by atomic mass is 19.1. The van der Waals surface area contributed by atoms with Crippen molar-refractivity contribution in [3.63, 3.8) is 0 Å². The number of guanidine groups is 1. The molecule has 2 aromatic rings. The van der Waals surface area contributed by atoms with Crippen LogP contribution >= 0.6 is 0 Å². The molecule has 2 aliphatic heterocycles. The summed E-state index contributed by atoms with van der Waals surface area (Å²) in [5, 5.41) is 6.85. The molecule has 0 amide bonds. The Bertz CT molecular complexity index is 895. The Morgan fingerprint density at radius 3 is 2.50 bits per heavy atom. The van der Waals surface area contributed by atoms with Crippen molar-refractivity contribution in [2.75, 3.05) is 62.7 Å². The van der Waals surface area contributed by atoms with Crippen LogP contribution in [0.5, 0.6) is 0 Å². The minimum absolute atomic E-state index is 0.147. The lowest BCUT2D eigenvalue weighted by atomic mass is 10.1. The number of para-hydroxylation sites is 1. The maximum Gasteiger partial charge on any atom is 0.191 e. The number of halogens is 1. The molecular formula is C25H35FN6. The zero-order valence-electron chi connectivity index (χ0n) is 19.2. The summed E-state index contributed by atoms with van der Waals surface area (Å²) in [6, 6.07) is 16.4. The third-order valence-corrected chi connectivity index (χ3v) is 6.51. The van der Waals surface area contributed by atoms with Gasteiger partial charge >= 0.3 is 0 Å². The number of nitrogens with one attached hydrogen (secondary N) is 2. The van der Waals surface area contributed by atoms with Gasteiger partial charge in [0.15, 0.2) is 5.96 Å². The van der Waals surface area contributed by atoms with E-state index in [9.17, 15) is 4.39 Å². The minimum Gasteiger partial charge on any atom is -0.369 e. The molecule has 6 nitrogen and oxygen atoms in total. The molecule has 1 unspecified atom stereocenters. The van der Waals surface area contributed by atoms with Crippen LogP contribution in [0.2, 0.25) is 0 Å². The maximum atomic E-state index is 14.8. The van der Waals surface area contributed by atoms with Crippen molar-refractivity contribution in [3.05, 3.63) is 59.9 Å². The molecule has 0 saturated carbocycles. The molecule has 2 heterocycles. The summed E-state index contributed by atoms with van der Waals surface area (Å²) in [5.41, 5.74) is 2.88. The summed E-state index contributed by atoms with van der Waals surface area (Å²) in [6.45, 7) is 9.47. The number of hydrogen-bond acceptors (Lipinski definition) is 4. The summed E-state index contributed by atoms with van der Waals surface area (Å²) >= 11 is 0. The molecule has 32 heavy (non-hydrogen) atoms. The fraction of sp³-hybridized carbons (Fsp3) is 0.480. The number of likely N-dealkylation sites (N-methyl/N-ethyl adjacent to an activating group) is 1. The van der Waals surface area contributed by atoms with Gasteiger partial charge in [0.2, 0.25) is 0 Å². The molecular weight excluding hydrogens is 403 g/mol. The number of hydrogen-bond donors (Lipinski definition) is 2. The van der Waals surface area contributed by atoms with Gasteiger partial charge in [0.25, 0.3) is 0 Å². The average Bonchev–Trinajstić information content (AvgIpc) is 3.31. The lowest BCUT2D eigenvalue weighted by molar-refractivity contribution is 0.270. The summed E-state index contributed by atoms with van der Waals surface area (Å²) in [4.78, 5) is 11.3. The second-order valence-electron chi connectivity index (χ2n) is 8.54. The van der Waals surface area contributed by atoms with Crippen LogP contribution in [-0.2, 0) is 6.54 Å². The molecule has 0 aliphatic carbocycles. The smallest absolute Gasteiger partial charge is 0.191 e. The Hall–Kier alpha value is -2.80. The van der Waals surface area contributed by atoms with Crippen molar-refractivity contribution in [3.8, 4) is 0 Å². The molecule has 2 N–H and O–H groups in total. The number of rotatable bonds is 6. The van der Waals surface area contributed by atoms with E-state index < -0.39 is 0 Å². The van der Waals surface area contributed by atoms with Gasteiger partial charge in [-0.15, -0.1) is 0 Å². The summed E-state index contributed by atoms with van der Waals surface area (Å²) in [7, 11) is 1.78. The van der Waals surface area contributed by atoms with Gasteiger partial charge in [0.1, 0.15) is 5.82 Å². The third kappa shape index (κ3) is 5.51. The largest absolute Gasteiger partial charge is 0.369 e. The lowest BCUT2D eigenvalue weighted by Gasteiger charge is -2.35. The summed E-state index contributed by atoms with van der Waals surface area (Å²) in [6.07, 6.45) is 1.06. The van der Waals surface area contributed by atoms with Crippen molar-refractivity contribution in [2.45, 2.75) is 25.9 Å². The quantitative estimate of drug-likeness (QED) is 0.537. The van der Waals surface area contributed by atoms with Crippen molar-refractivity contribution in [1.82, 2.24) is 15.5 Å². The van der Waals surface area contributed by atoms with Gasteiger partial charge in [0.05, 0.1) is 5.69 Å². The molecule has 7 heteroatoms. The van der Waals surface area contributed by atoms with E-state index in [4.69, 9.17) is 0 Å². The number of benzene rings is 2. The van der Waals surface area contributed by atoms with Gasteiger partial charge in [-0.2, -0.15) is 0 Å². The van der Waals surface area contributed by atoms with Crippen LogP contribution in [-0.4, -0.2) is 69.8 Å². The van der Waals surface area contributed by atoms with E-state index in [1.54, 1.807) is 13.1 Å². The number of nitrogens with zero attached hydrogens (tertiary/aromatic N) is 4. The SMILES string of the molecule is CCN1CCN(c2ccc(CNC(=NC)NC3CCN(c4ccccc4)C3)cc2F)CC1. The first-order valence-corrected chi connectivity index (χ1v) is 11.7. The van der Waals surface area contributed by atoms with E-state index in [0.29, 0.717) is 18.3 Å². The van der Waals surface area contributed by atoms with Crippen LogP contribution in [0, 0.1) is 5.82 Å². The van der Waals surface area contributed by atoms with Crippen LogP contribution in [0.4, 0.5) is 15.8 Å². The summed E-state index contributed by atoms with van der Waals surface area (Å²) in [5.74, 6) is 0.608. The van der Waals surface area contributed by atoms with Crippen LogP contribution in [0.1, 0.15) is 18.9 Å². The Labute approximate surface area is 191 Å². The predicted octanol–water partition coefficient (Wildman–Crippen LogP) is 2.91. The van der Waals surface area contributed by atoms with E-state index >= 15 is 0 Å².